The first kappa shape index (κ1) is 24.5. The van der Waals surface area contributed by atoms with Crippen LogP contribution >= 0.6 is 35.7 Å². The van der Waals surface area contributed by atoms with Gasteiger partial charge >= 0.3 is 0 Å². The molecule has 1 amide bonds. The lowest BCUT2D eigenvalue weighted by Crippen LogP contribution is -2.41. The van der Waals surface area contributed by atoms with E-state index in [0.29, 0.717) is 0 Å². The molecule has 2 aromatic rings. The van der Waals surface area contributed by atoms with E-state index in [1.165, 1.54) is 17.7 Å². The van der Waals surface area contributed by atoms with Crippen LogP contribution in [0.1, 0.15) is 28.8 Å². The molecule has 0 spiro atoms. The highest BCUT2D eigenvalue weighted by Gasteiger charge is 2.43. The number of halogens is 1. The summed E-state index contributed by atoms with van der Waals surface area (Å²) >= 11 is 1.96. The smallest absolute Gasteiger partial charge is 0.253 e. The van der Waals surface area contributed by atoms with Gasteiger partial charge in [0.05, 0.1) is 0 Å². The minimum absolute atomic E-state index is 0. The maximum Gasteiger partial charge on any atom is 0.253 e. The highest BCUT2D eigenvalue weighted by Crippen LogP contribution is 2.51. The largest absolute Gasteiger partial charge is 0.356 e. The van der Waals surface area contributed by atoms with Crippen LogP contribution in [0, 0.1) is 0 Å². The van der Waals surface area contributed by atoms with Gasteiger partial charge in [0.2, 0.25) is 0 Å². The van der Waals surface area contributed by atoms with E-state index in [2.05, 4.69) is 52.0 Å². The van der Waals surface area contributed by atoms with Gasteiger partial charge < -0.3 is 15.5 Å². The number of amides is 1. The summed E-state index contributed by atoms with van der Waals surface area (Å²) in [7, 11) is 5.35. The minimum atomic E-state index is 0. The van der Waals surface area contributed by atoms with Crippen LogP contribution in [0.4, 0.5) is 0 Å². The number of hydrogen-bond donors (Lipinski definition) is 2. The highest BCUT2D eigenvalue weighted by atomic mass is 127. The number of carbonyl (C=O) groups excluding carboxylic acids is 1. The maximum atomic E-state index is 12.1. The highest BCUT2D eigenvalue weighted by molar-refractivity contribution is 14.0. The summed E-state index contributed by atoms with van der Waals surface area (Å²) in [6.45, 7) is 1.66. The SMILES string of the molecule is CN=C(NCCc1cccc(C(=O)N(C)C)c1)NCC1(Sc2ccccc2)CC1.I. The van der Waals surface area contributed by atoms with E-state index in [0.717, 1.165) is 36.6 Å². The van der Waals surface area contributed by atoms with Crippen molar-refractivity contribution in [2.75, 3.05) is 34.2 Å². The number of nitrogens with zero attached hydrogens (tertiary/aromatic N) is 2. The van der Waals surface area contributed by atoms with Crippen molar-refractivity contribution in [1.29, 1.82) is 0 Å². The second-order valence-corrected chi connectivity index (χ2v) is 9.14. The van der Waals surface area contributed by atoms with Crippen molar-refractivity contribution in [2.24, 2.45) is 4.99 Å². The Labute approximate surface area is 201 Å². The van der Waals surface area contributed by atoms with Gasteiger partial charge in [0, 0.05) is 49.4 Å². The normalized spacial score (nSPS) is 14.4. The molecule has 162 valence electrons. The summed E-state index contributed by atoms with van der Waals surface area (Å²) in [6, 6.07) is 18.4. The van der Waals surface area contributed by atoms with Crippen LogP contribution in [0.3, 0.4) is 0 Å². The second-order valence-electron chi connectivity index (χ2n) is 7.60. The number of thioether (sulfide) groups is 1. The van der Waals surface area contributed by atoms with Gasteiger partial charge in [0.25, 0.3) is 5.91 Å². The Morgan fingerprint density at radius 3 is 2.47 bits per heavy atom. The molecule has 0 radical (unpaired) electrons. The summed E-state index contributed by atoms with van der Waals surface area (Å²) in [5, 5.41) is 6.87. The standard InChI is InChI=1S/C23H30N4OS.HI/c1-24-22(26-17-23(13-14-23)29-20-10-5-4-6-11-20)25-15-12-18-8-7-9-19(16-18)21(28)27(2)3;/h4-11,16H,12-15,17H2,1-3H3,(H2,24,25,26);1H. The second kappa shape index (κ2) is 11.6. The van der Waals surface area contributed by atoms with Crippen LogP contribution < -0.4 is 10.6 Å². The molecule has 2 N–H and O–H groups in total. The van der Waals surface area contributed by atoms with Gasteiger partial charge in [-0.3, -0.25) is 9.79 Å². The third kappa shape index (κ3) is 7.19. The van der Waals surface area contributed by atoms with Crippen molar-refractivity contribution in [3.63, 3.8) is 0 Å². The van der Waals surface area contributed by atoms with E-state index in [4.69, 9.17) is 0 Å². The lowest BCUT2D eigenvalue weighted by molar-refractivity contribution is 0.0827. The van der Waals surface area contributed by atoms with Gasteiger partial charge in [-0.05, 0) is 49.1 Å². The molecule has 2 aromatic carbocycles. The third-order valence-corrected chi connectivity index (χ3v) is 6.47. The van der Waals surface area contributed by atoms with Crippen molar-refractivity contribution in [3.8, 4) is 0 Å². The van der Waals surface area contributed by atoms with E-state index in [1.54, 1.807) is 26.0 Å². The molecule has 0 heterocycles. The van der Waals surface area contributed by atoms with Gasteiger partial charge in [-0.2, -0.15) is 0 Å². The van der Waals surface area contributed by atoms with Gasteiger partial charge in [-0.1, -0.05) is 30.3 Å². The third-order valence-electron chi connectivity index (χ3n) is 4.97. The molecule has 3 rings (SSSR count). The lowest BCUT2D eigenvalue weighted by Gasteiger charge is -2.18. The molecule has 1 fully saturated rings. The van der Waals surface area contributed by atoms with Crippen molar-refractivity contribution >= 4 is 47.6 Å². The first-order valence-corrected chi connectivity index (χ1v) is 10.8. The van der Waals surface area contributed by atoms with Crippen LogP contribution in [0.5, 0.6) is 0 Å². The molecule has 0 unspecified atom stereocenters. The van der Waals surface area contributed by atoms with Crippen molar-refractivity contribution in [1.82, 2.24) is 15.5 Å². The number of rotatable bonds is 8. The molecular formula is C23H31IN4OS. The predicted molar refractivity (Wildman–Crippen MR) is 137 cm³/mol. The van der Waals surface area contributed by atoms with Gasteiger partial charge in [0.1, 0.15) is 0 Å². The van der Waals surface area contributed by atoms with Crippen LogP contribution in [-0.2, 0) is 6.42 Å². The van der Waals surface area contributed by atoms with Crippen LogP contribution in [-0.4, -0.2) is 55.7 Å². The molecule has 7 heteroatoms. The van der Waals surface area contributed by atoms with Gasteiger partial charge in [-0.25, -0.2) is 0 Å². The first-order chi connectivity index (χ1) is 14.0. The molecule has 0 aromatic heterocycles. The molecular weight excluding hydrogens is 507 g/mol. The Kier molecular flexibility index (Phi) is 9.48. The fraction of sp³-hybridized carbons (Fsp3) is 0.391. The fourth-order valence-corrected chi connectivity index (χ4v) is 4.35. The summed E-state index contributed by atoms with van der Waals surface area (Å²) in [5.74, 6) is 0.855. The number of nitrogens with one attached hydrogen (secondary N) is 2. The quantitative estimate of drug-likeness (QED) is 0.303. The fourth-order valence-electron chi connectivity index (χ4n) is 3.10. The summed E-state index contributed by atoms with van der Waals surface area (Å²) in [5.41, 5.74) is 1.86. The number of benzene rings is 2. The first-order valence-electron chi connectivity index (χ1n) is 10.0. The van der Waals surface area contributed by atoms with E-state index in [1.807, 2.05) is 30.0 Å². The van der Waals surface area contributed by atoms with Crippen LogP contribution in [0.25, 0.3) is 0 Å². The zero-order valence-corrected chi connectivity index (χ0v) is 21.0. The number of carbonyl (C=O) groups is 1. The molecule has 1 saturated carbocycles. The van der Waals surface area contributed by atoms with Crippen molar-refractivity contribution in [2.45, 2.75) is 28.9 Å². The Morgan fingerprint density at radius 2 is 1.83 bits per heavy atom. The Bertz CT molecular complexity index is 853. The topological polar surface area (TPSA) is 56.7 Å². The molecule has 0 aliphatic heterocycles. The number of guanidine groups is 1. The maximum absolute atomic E-state index is 12.1. The van der Waals surface area contributed by atoms with Crippen LogP contribution in [0.15, 0.2) is 64.5 Å². The van der Waals surface area contributed by atoms with Crippen molar-refractivity contribution < 1.29 is 4.79 Å². The Hall–Kier alpha value is -1.74. The summed E-state index contributed by atoms with van der Waals surface area (Å²) in [6.07, 6.45) is 3.28. The van der Waals surface area contributed by atoms with Crippen LogP contribution in [0.2, 0.25) is 0 Å². The molecule has 1 aliphatic rings. The zero-order valence-electron chi connectivity index (χ0n) is 17.9. The van der Waals surface area contributed by atoms with E-state index in [-0.39, 0.29) is 34.6 Å². The van der Waals surface area contributed by atoms with Crippen molar-refractivity contribution in [3.05, 3.63) is 65.7 Å². The average molecular weight is 538 g/mol. The molecule has 0 bridgehead atoms. The monoisotopic (exact) mass is 538 g/mol. The molecule has 5 nitrogen and oxygen atoms in total. The molecule has 0 saturated heterocycles. The molecule has 0 atom stereocenters. The Balaban J connectivity index is 0.00000320. The minimum Gasteiger partial charge on any atom is -0.356 e. The van der Waals surface area contributed by atoms with E-state index in [9.17, 15) is 4.79 Å². The summed E-state index contributed by atoms with van der Waals surface area (Å²) < 4.78 is 0.278. The average Bonchev–Trinajstić information content (AvgIpc) is 3.50. The Morgan fingerprint density at radius 1 is 1.10 bits per heavy atom. The lowest BCUT2D eigenvalue weighted by atomic mass is 10.1. The number of hydrogen-bond acceptors (Lipinski definition) is 3. The van der Waals surface area contributed by atoms with E-state index >= 15 is 0 Å². The zero-order chi connectivity index (χ0) is 20.7. The van der Waals surface area contributed by atoms with Gasteiger partial charge in [0.15, 0.2) is 5.96 Å². The van der Waals surface area contributed by atoms with E-state index < -0.39 is 0 Å². The summed E-state index contributed by atoms with van der Waals surface area (Å²) in [4.78, 5) is 19.4. The van der Waals surface area contributed by atoms with Gasteiger partial charge in [-0.15, -0.1) is 35.7 Å². The molecule has 30 heavy (non-hydrogen) atoms. The number of aliphatic imine (C=N–C) groups is 1. The molecule has 1 aliphatic carbocycles. The predicted octanol–water partition coefficient (Wildman–Crippen LogP) is 4.04.